The van der Waals surface area contributed by atoms with E-state index < -0.39 is 0 Å². The number of nitrogens with one attached hydrogen (secondary N) is 1. The Balaban J connectivity index is 0. The van der Waals surface area contributed by atoms with E-state index in [2.05, 4.69) is 0 Å². The maximum atomic E-state index is 8.51. The Morgan fingerprint density at radius 2 is 1.00 bits per heavy atom. The summed E-state index contributed by atoms with van der Waals surface area (Å²) in [4.78, 5) is 1.03. The fourth-order valence-corrected chi connectivity index (χ4v) is 0.849. The predicted molar refractivity (Wildman–Crippen MR) is 43.6 cm³/mol. The first-order valence-electron chi connectivity index (χ1n) is 3.51. The molecule has 0 aromatic carbocycles. The fourth-order valence-electron chi connectivity index (χ4n) is 0.849. The molecule has 11 heavy (non-hydrogen) atoms. The highest BCUT2D eigenvalue weighted by Crippen LogP contribution is 1.52. The molecule has 0 spiro atoms. The Bertz CT molecular complexity index is 56.4. The van der Waals surface area contributed by atoms with Crippen LogP contribution in [0.3, 0.4) is 0 Å². The largest absolute Gasteiger partial charge is 0.391 e. The molecule has 0 saturated carbocycles. The van der Waals surface area contributed by atoms with Crippen molar-refractivity contribution in [3.63, 3.8) is 0 Å². The van der Waals surface area contributed by atoms with Crippen molar-refractivity contribution in [3.05, 3.63) is 0 Å². The SMILES string of the molecule is C.OCC[NH+](CCO)CCO. The van der Waals surface area contributed by atoms with Crippen LogP contribution in [0.1, 0.15) is 7.43 Å². The average Bonchev–Trinajstić information content (AvgIpc) is 1.90. The van der Waals surface area contributed by atoms with Gasteiger partial charge in [0.15, 0.2) is 0 Å². The summed E-state index contributed by atoms with van der Waals surface area (Å²) in [5.41, 5.74) is 0. The monoisotopic (exact) mass is 166 g/mol. The van der Waals surface area contributed by atoms with Gasteiger partial charge >= 0.3 is 0 Å². The van der Waals surface area contributed by atoms with Crippen molar-refractivity contribution < 1.29 is 20.2 Å². The minimum absolute atomic E-state index is 0. The van der Waals surface area contributed by atoms with Gasteiger partial charge in [-0.1, -0.05) is 7.43 Å². The van der Waals surface area contributed by atoms with Crippen LogP contribution >= 0.6 is 0 Å². The second kappa shape index (κ2) is 9.84. The minimum Gasteiger partial charge on any atom is -0.391 e. The maximum absolute atomic E-state index is 8.51. The Labute approximate surface area is 68.1 Å². The third-order valence-corrected chi connectivity index (χ3v) is 1.40. The molecule has 0 amide bonds. The smallest absolute Gasteiger partial charge is 0.101 e. The van der Waals surface area contributed by atoms with E-state index in [4.69, 9.17) is 15.3 Å². The summed E-state index contributed by atoms with van der Waals surface area (Å²) >= 11 is 0. The van der Waals surface area contributed by atoms with E-state index in [0.717, 1.165) is 4.90 Å². The zero-order chi connectivity index (χ0) is 7.82. The van der Waals surface area contributed by atoms with Crippen LogP contribution in [0, 0.1) is 0 Å². The van der Waals surface area contributed by atoms with Gasteiger partial charge in [-0.2, -0.15) is 0 Å². The van der Waals surface area contributed by atoms with Crippen molar-refractivity contribution in [1.29, 1.82) is 0 Å². The minimum atomic E-state index is 0. The van der Waals surface area contributed by atoms with Crippen molar-refractivity contribution in [2.75, 3.05) is 39.5 Å². The standard InChI is InChI=1S/C6H15NO3.CH4/c8-4-1-7(2-5-9)3-6-10;/h8-10H,1-6H2;1H4/p+1. The molecular formula is C7H20NO3+. The molecule has 0 aromatic rings. The molecule has 4 N–H and O–H groups in total. The molecule has 0 atom stereocenters. The van der Waals surface area contributed by atoms with E-state index in [1.165, 1.54) is 0 Å². The van der Waals surface area contributed by atoms with Gasteiger partial charge in [-0.15, -0.1) is 0 Å². The Morgan fingerprint density at radius 1 is 0.727 bits per heavy atom. The van der Waals surface area contributed by atoms with E-state index >= 15 is 0 Å². The summed E-state index contributed by atoms with van der Waals surface area (Å²) in [5, 5.41) is 25.5. The number of quaternary nitrogens is 1. The summed E-state index contributed by atoms with van der Waals surface area (Å²) < 4.78 is 0. The fraction of sp³-hybridized carbons (Fsp3) is 1.00. The van der Waals surface area contributed by atoms with Crippen LogP contribution < -0.4 is 4.90 Å². The van der Waals surface area contributed by atoms with Crippen LogP contribution in [0.15, 0.2) is 0 Å². The highest BCUT2D eigenvalue weighted by molar-refractivity contribution is 4.28. The number of aliphatic hydroxyl groups is 3. The highest BCUT2D eigenvalue weighted by Gasteiger charge is 2.03. The van der Waals surface area contributed by atoms with Crippen molar-refractivity contribution in [3.8, 4) is 0 Å². The van der Waals surface area contributed by atoms with E-state index in [-0.39, 0.29) is 27.2 Å². The van der Waals surface area contributed by atoms with Gasteiger partial charge in [0.05, 0.1) is 19.8 Å². The lowest BCUT2D eigenvalue weighted by Gasteiger charge is -2.15. The van der Waals surface area contributed by atoms with E-state index in [1.54, 1.807) is 0 Å². The first-order valence-corrected chi connectivity index (χ1v) is 3.51. The average molecular weight is 166 g/mol. The summed E-state index contributed by atoms with van der Waals surface area (Å²) in [5.74, 6) is 0. The molecule has 70 valence electrons. The molecule has 0 aliphatic heterocycles. The van der Waals surface area contributed by atoms with Gasteiger partial charge in [0.1, 0.15) is 19.6 Å². The van der Waals surface area contributed by atoms with Gasteiger partial charge in [0.2, 0.25) is 0 Å². The lowest BCUT2D eigenvalue weighted by molar-refractivity contribution is -0.901. The predicted octanol–water partition coefficient (Wildman–Crippen LogP) is -2.52. The molecule has 4 nitrogen and oxygen atoms in total. The zero-order valence-electron chi connectivity index (χ0n) is 6.08. The third-order valence-electron chi connectivity index (χ3n) is 1.40. The van der Waals surface area contributed by atoms with E-state index in [1.807, 2.05) is 0 Å². The van der Waals surface area contributed by atoms with Crippen LogP contribution in [-0.4, -0.2) is 54.8 Å². The molecule has 0 aliphatic carbocycles. The van der Waals surface area contributed by atoms with Crippen molar-refractivity contribution in [1.82, 2.24) is 0 Å². The van der Waals surface area contributed by atoms with Crippen molar-refractivity contribution >= 4 is 0 Å². The van der Waals surface area contributed by atoms with Crippen LogP contribution in [0.25, 0.3) is 0 Å². The third kappa shape index (κ3) is 7.74. The van der Waals surface area contributed by atoms with Gasteiger partial charge in [0, 0.05) is 0 Å². The van der Waals surface area contributed by atoms with Gasteiger partial charge < -0.3 is 20.2 Å². The number of aliphatic hydroxyl groups excluding tert-OH is 3. The lowest BCUT2D eigenvalue weighted by atomic mass is 10.4. The van der Waals surface area contributed by atoms with Gasteiger partial charge in [-0.05, 0) is 0 Å². The molecule has 0 fully saturated rings. The van der Waals surface area contributed by atoms with Crippen molar-refractivity contribution in [2.24, 2.45) is 0 Å². The Hall–Kier alpha value is -0.160. The van der Waals surface area contributed by atoms with Gasteiger partial charge in [-0.3, -0.25) is 0 Å². The second-order valence-corrected chi connectivity index (χ2v) is 2.17. The molecule has 0 unspecified atom stereocenters. The van der Waals surface area contributed by atoms with E-state index in [9.17, 15) is 0 Å². The van der Waals surface area contributed by atoms with Crippen LogP contribution in [0.2, 0.25) is 0 Å². The Morgan fingerprint density at radius 3 is 1.18 bits per heavy atom. The molecule has 4 heteroatoms. The van der Waals surface area contributed by atoms with E-state index in [0.29, 0.717) is 19.6 Å². The maximum Gasteiger partial charge on any atom is 0.101 e. The summed E-state index contributed by atoms with van der Waals surface area (Å²) in [6, 6.07) is 0. The first-order chi connectivity index (χ1) is 4.85. The Kier molecular flexibility index (Phi) is 12.0. The topological polar surface area (TPSA) is 65.1 Å². The van der Waals surface area contributed by atoms with Crippen LogP contribution in [-0.2, 0) is 0 Å². The molecule has 0 saturated heterocycles. The van der Waals surface area contributed by atoms with Crippen LogP contribution in [0.5, 0.6) is 0 Å². The van der Waals surface area contributed by atoms with Crippen molar-refractivity contribution in [2.45, 2.75) is 7.43 Å². The molecule has 0 aromatic heterocycles. The molecule has 0 aliphatic rings. The van der Waals surface area contributed by atoms with Gasteiger partial charge in [0.25, 0.3) is 0 Å². The summed E-state index contributed by atoms with van der Waals surface area (Å²) in [7, 11) is 0. The number of hydrogen-bond donors (Lipinski definition) is 4. The molecule has 0 rings (SSSR count). The number of rotatable bonds is 6. The molecule has 0 radical (unpaired) electrons. The summed E-state index contributed by atoms with van der Waals surface area (Å²) in [6.45, 7) is 2.11. The molecule has 0 heterocycles. The normalized spacial score (nSPS) is 9.82. The summed E-state index contributed by atoms with van der Waals surface area (Å²) in [6.07, 6.45) is 0. The second-order valence-electron chi connectivity index (χ2n) is 2.17. The molecular weight excluding hydrogens is 146 g/mol. The highest BCUT2D eigenvalue weighted by atomic mass is 16.3. The van der Waals surface area contributed by atoms with Gasteiger partial charge in [-0.25, -0.2) is 0 Å². The molecule has 0 bridgehead atoms. The quantitative estimate of drug-likeness (QED) is 0.352. The van der Waals surface area contributed by atoms with Crippen LogP contribution in [0.4, 0.5) is 0 Å². The number of hydrogen-bond acceptors (Lipinski definition) is 3. The lowest BCUT2D eigenvalue weighted by Crippen LogP contribution is -3.13. The first kappa shape index (κ1) is 13.4. The zero-order valence-corrected chi connectivity index (χ0v) is 6.08.